The lowest BCUT2D eigenvalue weighted by atomic mass is 10.1. The van der Waals surface area contributed by atoms with Gasteiger partial charge in [0.1, 0.15) is 5.69 Å². The van der Waals surface area contributed by atoms with E-state index in [4.69, 9.17) is 5.11 Å². The summed E-state index contributed by atoms with van der Waals surface area (Å²) >= 11 is 0. The molecule has 0 unspecified atom stereocenters. The zero-order valence-corrected chi connectivity index (χ0v) is 9.77. The van der Waals surface area contributed by atoms with Crippen molar-refractivity contribution in [2.75, 3.05) is 11.9 Å². The smallest absolute Gasteiger partial charge is 0.335 e. The summed E-state index contributed by atoms with van der Waals surface area (Å²) in [5, 5.41) is 22.4. The van der Waals surface area contributed by atoms with Gasteiger partial charge in [-0.2, -0.15) is 0 Å². The van der Waals surface area contributed by atoms with Crippen molar-refractivity contribution >= 4 is 17.3 Å². The Morgan fingerprint density at radius 2 is 2.28 bits per heavy atom. The van der Waals surface area contributed by atoms with Crippen molar-refractivity contribution in [2.24, 2.45) is 0 Å². The van der Waals surface area contributed by atoms with Crippen LogP contribution >= 0.6 is 0 Å². The third-order valence-corrected chi connectivity index (χ3v) is 2.18. The van der Waals surface area contributed by atoms with Crippen molar-refractivity contribution in [2.45, 2.75) is 13.3 Å². The highest BCUT2D eigenvalue weighted by atomic mass is 16.6. The van der Waals surface area contributed by atoms with E-state index in [0.717, 1.165) is 0 Å². The van der Waals surface area contributed by atoms with Crippen LogP contribution in [0.4, 0.5) is 11.4 Å². The van der Waals surface area contributed by atoms with E-state index in [1.54, 1.807) is 6.92 Å². The lowest BCUT2D eigenvalue weighted by molar-refractivity contribution is -0.384. The summed E-state index contributed by atoms with van der Waals surface area (Å²) in [7, 11) is 0. The zero-order chi connectivity index (χ0) is 13.5. The molecule has 1 aromatic carbocycles. The number of carboxylic acids is 1. The van der Waals surface area contributed by atoms with E-state index in [1.807, 2.05) is 0 Å². The van der Waals surface area contributed by atoms with E-state index in [1.165, 1.54) is 18.2 Å². The summed E-state index contributed by atoms with van der Waals surface area (Å²) in [5.41, 5.74) is 0.0481. The number of anilines is 1. The average molecular weight is 248 g/mol. The maximum Gasteiger partial charge on any atom is 0.335 e. The highest BCUT2D eigenvalue weighted by Gasteiger charge is 2.15. The Morgan fingerprint density at radius 1 is 1.56 bits per heavy atom. The number of nitro benzene ring substituents is 1. The molecular formula is C12H12N2O4. The van der Waals surface area contributed by atoms with Gasteiger partial charge >= 0.3 is 5.97 Å². The molecule has 2 N–H and O–H groups in total. The van der Waals surface area contributed by atoms with Gasteiger partial charge in [0.2, 0.25) is 0 Å². The largest absolute Gasteiger partial charge is 0.478 e. The molecule has 0 bridgehead atoms. The minimum absolute atomic E-state index is 0.00433. The van der Waals surface area contributed by atoms with Gasteiger partial charge in [-0.1, -0.05) is 0 Å². The topological polar surface area (TPSA) is 92.5 Å². The SMILES string of the molecule is CC#CCCNc1cc(C(=O)O)ccc1[N+](=O)[O-]. The molecule has 0 saturated heterocycles. The first-order chi connectivity index (χ1) is 8.56. The molecule has 0 amide bonds. The monoisotopic (exact) mass is 248 g/mol. The summed E-state index contributed by atoms with van der Waals surface area (Å²) in [6, 6.07) is 3.63. The highest BCUT2D eigenvalue weighted by Crippen LogP contribution is 2.25. The van der Waals surface area contributed by atoms with Gasteiger partial charge in [-0.3, -0.25) is 10.1 Å². The molecule has 6 nitrogen and oxygen atoms in total. The van der Waals surface area contributed by atoms with Gasteiger partial charge in [0.15, 0.2) is 0 Å². The summed E-state index contributed by atoms with van der Waals surface area (Å²) in [6.07, 6.45) is 0.533. The Balaban J connectivity index is 2.95. The molecule has 18 heavy (non-hydrogen) atoms. The minimum Gasteiger partial charge on any atom is -0.478 e. The fourth-order valence-corrected chi connectivity index (χ4v) is 1.35. The van der Waals surface area contributed by atoms with Crippen LogP contribution in [0.2, 0.25) is 0 Å². The van der Waals surface area contributed by atoms with E-state index >= 15 is 0 Å². The van der Waals surface area contributed by atoms with Gasteiger partial charge < -0.3 is 10.4 Å². The predicted molar refractivity (Wildman–Crippen MR) is 66.6 cm³/mol. The number of carbonyl (C=O) groups is 1. The first-order valence-corrected chi connectivity index (χ1v) is 5.21. The normalized spacial score (nSPS) is 9.17. The molecule has 0 aliphatic carbocycles. The van der Waals surface area contributed by atoms with Crippen molar-refractivity contribution in [1.82, 2.24) is 0 Å². The molecule has 1 rings (SSSR count). The number of benzene rings is 1. The molecule has 0 radical (unpaired) electrons. The number of hydrogen-bond acceptors (Lipinski definition) is 4. The van der Waals surface area contributed by atoms with E-state index in [0.29, 0.717) is 13.0 Å². The van der Waals surface area contributed by atoms with E-state index < -0.39 is 10.9 Å². The number of rotatable bonds is 5. The Labute approximate surface area is 104 Å². The first kappa shape index (κ1) is 13.5. The van der Waals surface area contributed by atoms with Crippen LogP contribution < -0.4 is 5.32 Å². The highest BCUT2D eigenvalue weighted by molar-refractivity contribution is 5.90. The van der Waals surface area contributed by atoms with E-state index in [-0.39, 0.29) is 16.9 Å². The van der Waals surface area contributed by atoms with Crippen LogP contribution in [-0.4, -0.2) is 22.5 Å². The second-order valence-corrected chi connectivity index (χ2v) is 3.40. The number of nitrogens with one attached hydrogen (secondary N) is 1. The number of hydrogen-bond donors (Lipinski definition) is 2. The predicted octanol–water partition coefficient (Wildman–Crippen LogP) is 2.12. The molecule has 0 aromatic heterocycles. The van der Waals surface area contributed by atoms with Gasteiger partial charge in [-0.25, -0.2) is 4.79 Å². The Hall–Kier alpha value is -2.55. The molecule has 0 aliphatic heterocycles. The van der Waals surface area contributed by atoms with Gasteiger partial charge in [0, 0.05) is 19.0 Å². The van der Waals surface area contributed by atoms with Crippen LogP contribution in [-0.2, 0) is 0 Å². The molecule has 94 valence electrons. The minimum atomic E-state index is -1.12. The lowest BCUT2D eigenvalue weighted by Gasteiger charge is -2.06. The molecule has 0 fully saturated rings. The molecule has 1 aromatic rings. The lowest BCUT2D eigenvalue weighted by Crippen LogP contribution is -2.06. The van der Waals surface area contributed by atoms with Crippen molar-refractivity contribution in [3.63, 3.8) is 0 Å². The number of aromatic carboxylic acids is 1. The van der Waals surface area contributed by atoms with Gasteiger partial charge in [-0.15, -0.1) is 11.8 Å². The molecule has 0 atom stereocenters. The van der Waals surface area contributed by atoms with Gasteiger partial charge in [0.05, 0.1) is 10.5 Å². The third kappa shape index (κ3) is 3.49. The standard InChI is InChI=1S/C12H12N2O4/c1-2-3-4-7-13-10-8-9(12(15)16)5-6-11(10)14(17)18/h5-6,8,13H,4,7H2,1H3,(H,15,16). The number of carboxylic acid groups (broad SMARTS) is 1. The van der Waals surface area contributed by atoms with Gasteiger partial charge in [-0.05, 0) is 19.1 Å². The Bertz CT molecular complexity index is 529. The fourth-order valence-electron chi connectivity index (χ4n) is 1.35. The zero-order valence-electron chi connectivity index (χ0n) is 9.77. The quantitative estimate of drug-likeness (QED) is 0.360. The van der Waals surface area contributed by atoms with Crippen LogP contribution in [0, 0.1) is 22.0 Å². The van der Waals surface area contributed by atoms with Crippen LogP contribution in [0.25, 0.3) is 0 Å². The van der Waals surface area contributed by atoms with Crippen LogP contribution in [0.15, 0.2) is 18.2 Å². The fraction of sp³-hybridized carbons (Fsp3) is 0.250. The van der Waals surface area contributed by atoms with Crippen LogP contribution in [0.3, 0.4) is 0 Å². The average Bonchev–Trinajstić information content (AvgIpc) is 2.34. The maximum atomic E-state index is 10.8. The third-order valence-electron chi connectivity index (χ3n) is 2.18. The van der Waals surface area contributed by atoms with Crippen molar-refractivity contribution in [3.8, 4) is 11.8 Å². The summed E-state index contributed by atoms with van der Waals surface area (Å²) in [5.74, 6) is 4.39. The molecule has 0 saturated carbocycles. The first-order valence-electron chi connectivity index (χ1n) is 5.21. The molecule has 6 heteroatoms. The van der Waals surface area contributed by atoms with Crippen LogP contribution in [0.1, 0.15) is 23.7 Å². The molecule has 0 aliphatic rings. The van der Waals surface area contributed by atoms with Crippen molar-refractivity contribution in [1.29, 1.82) is 0 Å². The molecular weight excluding hydrogens is 236 g/mol. The number of nitrogens with zero attached hydrogens (tertiary/aromatic N) is 1. The van der Waals surface area contributed by atoms with Gasteiger partial charge in [0.25, 0.3) is 5.69 Å². The second kappa shape index (κ2) is 6.25. The summed E-state index contributed by atoms with van der Waals surface area (Å²) in [6.45, 7) is 2.12. The molecule has 0 heterocycles. The second-order valence-electron chi connectivity index (χ2n) is 3.40. The van der Waals surface area contributed by atoms with Crippen LogP contribution in [0.5, 0.6) is 0 Å². The van der Waals surface area contributed by atoms with Crippen molar-refractivity contribution in [3.05, 3.63) is 33.9 Å². The summed E-state index contributed by atoms with van der Waals surface area (Å²) < 4.78 is 0. The summed E-state index contributed by atoms with van der Waals surface area (Å²) in [4.78, 5) is 21.0. The Kier molecular flexibility index (Phi) is 4.69. The van der Waals surface area contributed by atoms with Crippen molar-refractivity contribution < 1.29 is 14.8 Å². The number of nitro groups is 1. The van der Waals surface area contributed by atoms with E-state index in [2.05, 4.69) is 17.2 Å². The maximum absolute atomic E-state index is 10.8. The molecule has 0 spiro atoms. The Morgan fingerprint density at radius 3 is 2.83 bits per heavy atom. The van der Waals surface area contributed by atoms with E-state index in [9.17, 15) is 14.9 Å².